The zero-order valence-electron chi connectivity index (χ0n) is 14.0. The van der Waals surface area contributed by atoms with Gasteiger partial charge in [-0.2, -0.15) is 0 Å². The van der Waals surface area contributed by atoms with E-state index in [1.807, 2.05) is 0 Å². The van der Waals surface area contributed by atoms with Crippen LogP contribution in [0.4, 0.5) is 4.79 Å². The molecule has 0 atom stereocenters. The lowest BCUT2D eigenvalue weighted by molar-refractivity contribution is -0.143. The summed E-state index contributed by atoms with van der Waals surface area (Å²) in [7, 11) is 3.04. The van der Waals surface area contributed by atoms with Gasteiger partial charge in [-0.3, -0.25) is 10.1 Å². The van der Waals surface area contributed by atoms with Gasteiger partial charge in [-0.1, -0.05) is 0 Å². The van der Waals surface area contributed by atoms with E-state index in [-0.39, 0.29) is 6.04 Å². The van der Waals surface area contributed by atoms with E-state index in [0.717, 1.165) is 12.8 Å². The summed E-state index contributed by atoms with van der Waals surface area (Å²) in [6.45, 7) is -0.539. The largest absolute Gasteiger partial charge is 0.497 e. The zero-order chi connectivity index (χ0) is 18.2. The summed E-state index contributed by atoms with van der Waals surface area (Å²) in [6.07, 6.45) is 4.50. The number of ether oxygens (including phenoxy) is 3. The van der Waals surface area contributed by atoms with Gasteiger partial charge in [0.15, 0.2) is 6.61 Å². The molecular weight excluding hydrogens is 328 g/mol. The molecule has 1 aliphatic rings. The molecule has 0 radical (unpaired) electrons. The minimum absolute atomic E-state index is 0.137. The van der Waals surface area contributed by atoms with Crippen LogP contribution in [0.3, 0.4) is 0 Å². The zero-order valence-corrected chi connectivity index (χ0v) is 14.0. The van der Waals surface area contributed by atoms with Gasteiger partial charge in [-0.25, -0.2) is 9.59 Å². The van der Waals surface area contributed by atoms with Crippen molar-refractivity contribution in [2.75, 3.05) is 20.8 Å². The number of carbonyl (C=O) groups is 3. The molecule has 8 nitrogen and oxygen atoms in total. The van der Waals surface area contributed by atoms with E-state index >= 15 is 0 Å². The van der Waals surface area contributed by atoms with Crippen LogP contribution < -0.4 is 20.1 Å². The number of nitrogens with one attached hydrogen (secondary N) is 2. The number of benzene rings is 1. The molecule has 0 spiro atoms. The predicted octanol–water partition coefficient (Wildman–Crippen LogP) is 1.25. The van der Waals surface area contributed by atoms with Crippen LogP contribution in [-0.2, 0) is 14.3 Å². The third-order valence-corrected chi connectivity index (χ3v) is 3.30. The second kappa shape index (κ2) is 8.72. The molecule has 1 saturated carbocycles. The Balaban J connectivity index is 1.79. The van der Waals surface area contributed by atoms with E-state index in [0.29, 0.717) is 17.1 Å². The number of rotatable bonds is 7. The highest BCUT2D eigenvalue weighted by atomic mass is 16.5. The molecule has 1 aromatic carbocycles. The Bertz CT molecular complexity index is 659. The monoisotopic (exact) mass is 348 g/mol. The molecule has 2 N–H and O–H groups in total. The molecule has 8 heteroatoms. The second-order valence-corrected chi connectivity index (χ2v) is 5.38. The first-order valence-electron chi connectivity index (χ1n) is 7.68. The van der Waals surface area contributed by atoms with Crippen LogP contribution in [0.25, 0.3) is 6.08 Å². The van der Waals surface area contributed by atoms with Crippen LogP contribution in [0.2, 0.25) is 0 Å². The second-order valence-electron chi connectivity index (χ2n) is 5.38. The average Bonchev–Trinajstić information content (AvgIpc) is 3.41. The van der Waals surface area contributed by atoms with Gasteiger partial charge in [-0.05, 0) is 36.6 Å². The van der Waals surface area contributed by atoms with Gasteiger partial charge >= 0.3 is 12.0 Å². The van der Waals surface area contributed by atoms with Gasteiger partial charge in [-0.15, -0.1) is 0 Å². The first kappa shape index (κ1) is 18.3. The minimum Gasteiger partial charge on any atom is -0.497 e. The molecule has 0 heterocycles. The number of esters is 1. The first-order chi connectivity index (χ1) is 12.0. The van der Waals surface area contributed by atoms with Gasteiger partial charge in [0, 0.05) is 18.2 Å². The summed E-state index contributed by atoms with van der Waals surface area (Å²) in [5, 5.41) is 4.68. The summed E-state index contributed by atoms with van der Waals surface area (Å²) in [4.78, 5) is 34.5. The highest BCUT2D eigenvalue weighted by Gasteiger charge is 2.23. The SMILES string of the molecule is COc1cc(/C=C/C(=O)OCC(=O)NC(=O)NC2CC2)cc(OC)c1. The third kappa shape index (κ3) is 6.54. The van der Waals surface area contributed by atoms with Gasteiger partial charge in [0.25, 0.3) is 5.91 Å². The van der Waals surface area contributed by atoms with E-state index in [1.54, 1.807) is 18.2 Å². The predicted molar refractivity (Wildman–Crippen MR) is 89.2 cm³/mol. The van der Waals surface area contributed by atoms with Crippen molar-refractivity contribution in [1.29, 1.82) is 0 Å². The minimum atomic E-state index is -0.709. The van der Waals surface area contributed by atoms with Crippen molar-refractivity contribution in [1.82, 2.24) is 10.6 Å². The number of hydrogen-bond donors (Lipinski definition) is 2. The van der Waals surface area contributed by atoms with Crippen molar-refractivity contribution in [3.05, 3.63) is 29.8 Å². The van der Waals surface area contributed by atoms with Crippen molar-refractivity contribution in [3.8, 4) is 11.5 Å². The molecule has 0 aliphatic heterocycles. The van der Waals surface area contributed by atoms with Crippen LogP contribution >= 0.6 is 0 Å². The molecule has 1 aliphatic carbocycles. The maximum atomic E-state index is 11.7. The van der Waals surface area contributed by atoms with E-state index < -0.39 is 24.5 Å². The molecule has 134 valence electrons. The highest BCUT2D eigenvalue weighted by molar-refractivity contribution is 5.96. The third-order valence-electron chi connectivity index (χ3n) is 3.30. The molecular formula is C17H20N2O6. The lowest BCUT2D eigenvalue weighted by Crippen LogP contribution is -2.42. The standard InChI is InChI=1S/C17H20N2O6/c1-23-13-7-11(8-14(9-13)24-2)3-6-16(21)25-10-15(20)19-17(22)18-12-4-5-12/h3,6-9,12H,4-5,10H2,1-2H3,(H2,18,19,20,22)/b6-3+. The van der Waals surface area contributed by atoms with Crippen LogP contribution in [0, 0.1) is 0 Å². The number of amides is 3. The van der Waals surface area contributed by atoms with E-state index in [9.17, 15) is 14.4 Å². The molecule has 0 aromatic heterocycles. The summed E-state index contributed by atoms with van der Waals surface area (Å²) in [5.41, 5.74) is 0.668. The lowest BCUT2D eigenvalue weighted by Gasteiger charge is -2.06. The van der Waals surface area contributed by atoms with Crippen LogP contribution in [0.15, 0.2) is 24.3 Å². The Labute approximate surface area is 145 Å². The van der Waals surface area contributed by atoms with E-state index in [4.69, 9.17) is 14.2 Å². The molecule has 0 bridgehead atoms. The summed E-state index contributed by atoms with van der Waals surface area (Å²) in [6, 6.07) is 4.68. The molecule has 3 amide bonds. The fraction of sp³-hybridized carbons (Fsp3) is 0.353. The number of imide groups is 1. The Hall–Kier alpha value is -3.03. The molecule has 1 fully saturated rings. The smallest absolute Gasteiger partial charge is 0.331 e. The highest BCUT2D eigenvalue weighted by Crippen LogP contribution is 2.23. The van der Waals surface area contributed by atoms with Gasteiger partial charge in [0.2, 0.25) is 0 Å². The molecule has 0 unspecified atom stereocenters. The van der Waals surface area contributed by atoms with Crippen molar-refractivity contribution in [2.45, 2.75) is 18.9 Å². The van der Waals surface area contributed by atoms with Crippen LogP contribution in [0.5, 0.6) is 11.5 Å². The molecule has 2 rings (SSSR count). The van der Waals surface area contributed by atoms with Crippen LogP contribution in [-0.4, -0.2) is 44.8 Å². The van der Waals surface area contributed by atoms with Crippen LogP contribution in [0.1, 0.15) is 18.4 Å². The summed E-state index contributed by atoms with van der Waals surface area (Å²) in [5.74, 6) is -0.246. The fourth-order valence-electron chi connectivity index (χ4n) is 1.89. The quantitative estimate of drug-likeness (QED) is 0.568. The maximum Gasteiger partial charge on any atom is 0.331 e. The van der Waals surface area contributed by atoms with Gasteiger partial charge in [0.1, 0.15) is 11.5 Å². The fourth-order valence-corrected chi connectivity index (χ4v) is 1.89. The first-order valence-corrected chi connectivity index (χ1v) is 7.68. The number of urea groups is 1. The topological polar surface area (TPSA) is 103 Å². The summed E-state index contributed by atoms with van der Waals surface area (Å²) < 4.78 is 15.0. The Morgan fingerprint density at radius 3 is 2.32 bits per heavy atom. The number of hydrogen-bond acceptors (Lipinski definition) is 6. The van der Waals surface area contributed by atoms with Crippen molar-refractivity contribution in [3.63, 3.8) is 0 Å². The molecule has 1 aromatic rings. The van der Waals surface area contributed by atoms with Crippen molar-refractivity contribution >= 4 is 24.0 Å². The van der Waals surface area contributed by atoms with E-state index in [2.05, 4.69) is 10.6 Å². The lowest BCUT2D eigenvalue weighted by atomic mass is 10.2. The van der Waals surface area contributed by atoms with Gasteiger partial charge < -0.3 is 19.5 Å². The maximum absolute atomic E-state index is 11.7. The van der Waals surface area contributed by atoms with Crippen molar-refractivity contribution in [2.24, 2.45) is 0 Å². The molecule has 0 saturated heterocycles. The van der Waals surface area contributed by atoms with Gasteiger partial charge in [0.05, 0.1) is 14.2 Å². The summed E-state index contributed by atoms with van der Waals surface area (Å²) >= 11 is 0. The van der Waals surface area contributed by atoms with Crippen molar-refractivity contribution < 1.29 is 28.6 Å². The Morgan fingerprint density at radius 2 is 1.76 bits per heavy atom. The molecule has 25 heavy (non-hydrogen) atoms. The normalized spacial score (nSPS) is 13.2. The average molecular weight is 348 g/mol. The number of carbonyl (C=O) groups excluding carboxylic acids is 3. The van der Waals surface area contributed by atoms with E-state index in [1.165, 1.54) is 26.4 Å². The number of methoxy groups -OCH3 is 2. The Kier molecular flexibility index (Phi) is 6.39. The Morgan fingerprint density at radius 1 is 1.12 bits per heavy atom.